The number of ether oxygens (including phenoxy) is 1. The fourth-order valence-electron chi connectivity index (χ4n) is 0.395. The number of hydrogen-bond acceptors (Lipinski definition) is 2. The minimum atomic E-state index is -5.93. The summed E-state index contributed by atoms with van der Waals surface area (Å²) in [5.41, 5.74) is -4.87. The second-order valence-corrected chi connectivity index (χ2v) is 1.76. The summed E-state index contributed by atoms with van der Waals surface area (Å²) in [5, 5.41) is 9.42. The fourth-order valence-corrected chi connectivity index (χ4v) is 0.395. The molecule has 1 aliphatic rings. The fraction of sp³-hybridized carbons (Fsp3) is 1.00. The summed E-state index contributed by atoms with van der Waals surface area (Å²) in [6.07, 6.45) is -14.2. The van der Waals surface area contributed by atoms with E-state index in [9.17, 15) is 18.3 Å². The van der Waals surface area contributed by atoms with E-state index >= 15 is 0 Å². The number of aliphatic hydroxyl groups is 1. The Balaban J connectivity index is 3.65. The molecule has 0 aliphatic carbocycles. The van der Waals surface area contributed by atoms with E-state index in [4.69, 9.17) is 11.0 Å². The molecule has 2 nitrogen and oxygen atoms in total. The lowest BCUT2D eigenvalue weighted by molar-refractivity contribution is -0.287. The SMILES string of the molecule is [2H]C1([2H])OC([2H])([2H])C(O)(C(F)(F)F)C([2H])([2H])C1([2H])[2H]. The Morgan fingerprint density at radius 2 is 2.18 bits per heavy atom. The minimum absolute atomic E-state index is 3.71. The second kappa shape index (κ2) is 2.64. The molecule has 1 atom stereocenters. The van der Waals surface area contributed by atoms with Crippen molar-refractivity contribution in [2.75, 3.05) is 13.1 Å². The molecular weight excluding hydrogens is 161 g/mol. The quantitative estimate of drug-likeness (QED) is 0.601. The lowest BCUT2D eigenvalue weighted by Crippen LogP contribution is -2.51. The maximum Gasteiger partial charge on any atom is 0.419 e. The highest BCUT2D eigenvalue weighted by Gasteiger charge is 2.54. The second-order valence-electron chi connectivity index (χ2n) is 1.76. The van der Waals surface area contributed by atoms with Crippen molar-refractivity contribution in [3.05, 3.63) is 0 Å². The van der Waals surface area contributed by atoms with E-state index in [1.807, 2.05) is 0 Å². The molecule has 11 heavy (non-hydrogen) atoms. The summed E-state index contributed by atoms with van der Waals surface area (Å²) in [7, 11) is 0. The standard InChI is InChI=1S/C6H9F3O2/c7-6(8,9)5(10)2-1-3-11-4-5/h10H,1-4H2/i1D2,2D2,3D2,4D2. The summed E-state index contributed by atoms with van der Waals surface area (Å²) in [4.78, 5) is 0. The van der Waals surface area contributed by atoms with E-state index in [1.165, 1.54) is 0 Å². The monoisotopic (exact) mass is 178 g/mol. The van der Waals surface area contributed by atoms with Gasteiger partial charge in [-0.25, -0.2) is 0 Å². The predicted molar refractivity (Wildman–Crippen MR) is 31.1 cm³/mol. The highest BCUT2D eigenvalue weighted by Crippen LogP contribution is 2.36. The lowest BCUT2D eigenvalue weighted by atomic mass is 9.96. The Bertz CT molecular complexity index is 394. The molecule has 1 heterocycles. The topological polar surface area (TPSA) is 29.5 Å². The van der Waals surface area contributed by atoms with Crippen molar-refractivity contribution < 1.29 is 34.0 Å². The normalized spacial score (nSPS) is 62.9. The zero-order valence-corrected chi connectivity index (χ0v) is 4.99. The first-order valence-electron chi connectivity index (χ1n) is 6.45. The van der Waals surface area contributed by atoms with E-state index in [0.717, 1.165) is 0 Å². The molecule has 1 rings (SSSR count). The van der Waals surface area contributed by atoms with Gasteiger partial charge in [0, 0.05) is 12.0 Å². The lowest BCUT2D eigenvalue weighted by Gasteiger charge is -2.33. The Labute approximate surface area is 73.2 Å². The highest BCUT2D eigenvalue weighted by molar-refractivity contribution is 4.88. The molecule has 0 aromatic heterocycles. The number of halogens is 3. The van der Waals surface area contributed by atoms with Gasteiger partial charge in [-0.2, -0.15) is 13.2 Å². The summed E-state index contributed by atoms with van der Waals surface area (Å²) < 4.78 is 98.6. The van der Waals surface area contributed by atoms with Crippen molar-refractivity contribution in [1.29, 1.82) is 0 Å². The van der Waals surface area contributed by atoms with Crippen molar-refractivity contribution in [3.63, 3.8) is 0 Å². The largest absolute Gasteiger partial charge is 0.419 e. The number of hydrogen-bond donors (Lipinski definition) is 1. The van der Waals surface area contributed by atoms with Crippen LogP contribution < -0.4 is 0 Å². The zero-order valence-electron chi connectivity index (χ0n) is 13.0. The van der Waals surface area contributed by atoms with Gasteiger partial charge in [0.15, 0.2) is 5.60 Å². The Morgan fingerprint density at radius 1 is 1.55 bits per heavy atom. The molecule has 0 saturated carbocycles. The zero-order chi connectivity index (χ0) is 15.7. The van der Waals surface area contributed by atoms with E-state index in [1.54, 1.807) is 0 Å². The summed E-state index contributed by atoms with van der Waals surface area (Å²) >= 11 is 0. The smallest absolute Gasteiger partial charge is 0.379 e. The van der Waals surface area contributed by atoms with Crippen LogP contribution in [0, 0.1) is 0 Å². The molecule has 1 N–H and O–H groups in total. The molecule has 0 bridgehead atoms. The van der Waals surface area contributed by atoms with Crippen LogP contribution in [0.15, 0.2) is 0 Å². The van der Waals surface area contributed by atoms with Crippen molar-refractivity contribution in [2.45, 2.75) is 24.5 Å². The first-order chi connectivity index (χ1) is 7.96. The van der Waals surface area contributed by atoms with Gasteiger partial charge in [0.2, 0.25) is 0 Å². The van der Waals surface area contributed by atoms with E-state index in [0.29, 0.717) is 0 Å². The molecular formula is C6H9F3O2. The third kappa shape index (κ3) is 1.65. The Hall–Kier alpha value is -0.290. The summed E-state index contributed by atoms with van der Waals surface area (Å²) in [5.74, 6) is 0. The minimum Gasteiger partial charge on any atom is -0.379 e. The molecule has 66 valence electrons. The molecule has 1 saturated heterocycles. The van der Waals surface area contributed by atoms with Crippen LogP contribution >= 0.6 is 0 Å². The summed E-state index contributed by atoms with van der Waals surface area (Å²) in [6, 6.07) is 0. The van der Waals surface area contributed by atoms with Gasteiger partial charge >= 0.3 is 6.18 Å². The molecule has 1 fully saturated rings. The Kier molecular flexibility index (Phi) is 0.692. The van der Waals surface area contributed by atoms with Gasteiger partial charge in [0.25, 0.3) is 0 Å². The van der Waals surface area contributed by atoms with E-state index < -0.39 is 37.6 Å². The molecule has 0 amide bonds. The molecule has 1 unspecified atom stereocenters. The van der Waals surface area contributed by atoms with Crippen LogP contribution in [0.4, 0.5) is 13.2 Å². The molecule has 0 aromatic carbocycles. The Morgan fingerprint density at radius 3 is 2.73 bits per heavy atom. The van der Waals surface area contributed by atoms with Crippen LogP contribution in [-0.2, 0) is 4.74 Å². The maximum absolute atomic E-state index is 12.8. The van der Waals surface area contributed by atoms with Gasteiger partial charge in [-0.15, -0.1) is 0 Å². The van der Waals surface area contributed by atoms with Crippen molar-refractivity contribution in [3.8, 4) is 0 Å². The molecule has 5 heteroatoms. The molecule has 0 spiro atoms. The number of alkyl halides is 3. The van der Waals surface area contributed by atoms with Gasteiger partial charge < -0.3 is 9.84 Å². The van der Waals surface area contributed by atoms with Gasteiger partial charge in [-0.1, -0.05) is 0 Å². The van der Waals surface area contributed by atoms with Crippen LogP contribution in [0.2, 0.25) is 0 Å². The number of rotatable bonds is 0. The average Bonchev–Trinajstić information content (AvgIpc) is 2.10. The highest BCUT2D eigenvalue weighted by atomic mass is 19.4. The summed E-state index contributed by atoms with van der Waals surface area (Å²) in [6.45, 7) is -7.93. The molecule has 0 aromatic rings. The molecule has 0 radical (unpaired) electrons. The van der Waals surface area contributed by atoms with Crippen LogP contribution in [0.3, 0.4) is 0 Å². The van der Waals surface area contributed by atoms with Gasteiger partial charge in [-0.3, -0.25) is 0 Å². The van der Waals surface area contributed by atoms with Gasteiger partial charge in [0.05, 0.1) is 12.0 Å². The van der Waals surface area contributed by atoms with Gasteiger partial charge in [-0.05, 0) is 12.7 Å². The van der Waals surface area contributed by atoms with Gasteiger partial charge in [0.1, 0.15) is 0 Å². The third-order valence-corrected chi connectivity index (χ3v) is 0.954. The first-order valence-corrected chi connectivity index (χ1v) is 2.45. The van der Waals surface area contributed by atoms with Crippen LogP contribution in [0.5, 0.6) is 0 Å². The van der Waals surface area contributed by atoms with Crippen molar-refractivity contribution >= 4 is 0 Å². The van der Waals surface area contributed by atoms with Crippen LogP contribution in [-0.4, -0.2) is 30.0 Å². The third-order valence-electron chi connectivity index (χ3n) is 0.954. The maximum atomic E-state index is 12.8. The first kappa shape index (κ1) is 2.88. The average molecular weight is 178 g/mol. The van der Waals surface area contributed by atoms with Crippen LogP contribution in [0.25, 0.3) is 0 Å². The van der Waals surface area contributed by atoms with E-state index in [2.05, 4.69) is 4.74 Å². The van der Waals surface area contributed by atoms with Crippen LogP contribution in [0.1, 0.15) is 23.7 Å². The van der Waals surface area contributed by atoms with Crippen molar-refractivity contribution in [1.82, 2.24) is 0 Å². The van der Waals surface area contributed by atoms with E-state index in [-0.39, 0.29) is 0 Å². The predicted octanol–water partition coefficient (Wildman–Crippen LogP) is 1.09. The molecule has 1 aliphatic heterocycles. The van der Waals surface area contributed by atoms with Crippen molar-refractivity contribution in [2.24, 2.45) is 0 Å².